The van der Waals surface area contributed by atoms with E-state index in [1.165, 1.54) is 12.8 Å². The molecule has 1 aliphatic carbocycles. The first kappa shape index (κ1) is 13.1. The van der Waals surface area contributed by atoms with Crippen LogP contribution in [0.4, 0.5) is 5.82 Å². The number of carbonyl (C=O) groups excluding carboxylic acids is 2. The van der Waals surface area contributed by atoms with Crippen molar-refractivity contribution in [2.45, 2.75) is 26.2 Å². The Morgan fingerprint density at radius 2 is 2.30 bits per heavy atom. The lowest BCUT2D eigenvalue weighted by Gasteiger charge is -2.16. The second-order valence-electron chi connectivity index (χ2n) is 5.80. The van der Waals surface area contributed by atoms with Crippen molar-refractivity contribution in [1.29, 1.82) is 0 Å². The quantitative estimate of drug-likeness (QED) is 0.906. The largest absolute Gasteiger partial charge is 0.342 e. The molecule has 0 unspecified atom stereocenters. The number of anilines is 1. The van der Waals surface area contributed by atoms with Crippen molar-refractivity contribution < 1.29 is 9.59 Å². The molecule has 0 radical (unpaired) electrons. The van der Waals surface area contributed by atoms with Gasteiger partial charge in [-0.25, -0.2) is 4.98 Å². The molecule has 2 amide bonds. The van der Waals surface area contributed by atoms with Crippen molar-refractivity contribution in [1.82, 2.24) is 9.88 Å². The highest BCUT2D eigenvalue weighted by atomic mass is 16.2. The summed E-state index contributed by atoms with van der Waals surface area (Å²) in [6.07, 6.45) is 4.41. The Morgan fingerprint density at radius 3 is 3.00 bits per heavy atom. The molecule has 1 aliphatic heterocycles. The fourth-order valence-corrected chi connectivity index (χ4v) is 2.57. The van der Waals surface area contributed by atoms with E-state index >= 15 is 0 Å². The summed E-state index contributed by atoms with van der Waals surface area (Å²) in [6.45, 7) is 3.28. The summed E-state index contributed by atoms with van der Waals surface area (Å²) in [5.74, 6) is 1.01. The van der Waals surface area contributed by atoms with Gasteiger partial charge in [-0.1, -0.05) is 6.07 Å². The third kappa shape index (κ3) is 2.81. The number of nitrogens with zero attached hydrogens (tertiary/aromatic N) is 2. The summed E-state index contributed by atoms with van der Waals surface area (Å²) >= 11 is 0. The van der Waals surface area contributed by atoms with Crippen LogP contribution in [0, 0.1) is 18.8 Å². The predicted molar refractivity (Wildman–Crippen MR) is 75.0 cm³/mol. The van der Waals surface area contributed by atoms with Crippen molar-refractivity contribution in [3.63, 3.8) is 0 Å². The number of likely N-dealkylation sites (tertiary alicyclic amines) is 1. The fraction of sp³-hybridized carbons (Fsp3) is 0.533. The van der Waals surface area contributed by atoms with Crippen LogP contribution in [0.1, 0.15) is 24.8 Å². The summed E-state index contributed by atoms with van der Waals surface area (Å²) in [5.41, 5.74) is 0.931. The minimum atomic E-state index is -0.248. The molecular weight excluding hydrogens is 254 g/mol. The third-order valence-electron chi connectivity index (χ3n) is 4.01. The molecule has 1 saturated heterocycles. The predicted octanol–water partition coefficient (Wildman–Crippen LogP) is 1.59. The number of carbonyl (C=O) groups is 2. The van der Waals surface area contributed by atoms with Gasteiger partial charge in [0, 0.05) is 25.7 Å². The first-order chi connectivity index (χ1) is 9.63. The van der Waals surface area contributed by atoms with Crippen molar-refractivity contribution in [2.24, 2.45) is 11.8 Å². The van der Waals surface area contributed by atoms with Gasteiger partial charge >= 0.3 is 0 Å². The van der Waals surface area contributed by atoms with Crippen LogP contribution >= 0.6 is 0 Å². The molecule has 2 fully saturated rings. The second-order valence-corrected chi connectivity index (χ2v) is 5.80. The van der Waals surface area contributed by atoms with E-state index < -0.39 is 0 Å². The lowest BCUT2D eigenvalue weighted by molar-refractivity contribution is -0.128. The zero-order valence-electron chi connectivity index (χ0n) is 11.6. The van der Waals surface area contributed by atoms with Gasteiger partial charge in [-0.15, -0.1) is 0 Å². The van der Waals surface area contributed by atoms with Gasteiger partial charge in [0.2, 0.25) is 11.8 Å². The molecule has 1 atom stereocenters. The van der Waals surface area contributed by atoms with Gasteiger partial charge < -0.3 is 10.2 Å². The van der Waals surface area contributed by atoms with Crippen LogP contribution < -0.4 is 5.32 Å². The molecule has 1 aromatic heterocycles. The molecule has 5 heteroatoms. The smallest absolute Gasteiger partial charge is 0.230 e. The van der Waals surface area contributed by atoms with E-state index in [0.29, 0.717) is 24.7 Å². The van der Waals surface area contributed by atoms with E-state index in [1.54, 1.807) is 6.20 Å². The van der Waals surface area contributed by atoms with Gasteiger partial charge in [0.1, 0.15) is 5.82 Å². The number of aromatic nitrogens is 1. The Labute approximate surface area is 118 Å². The molecule has 1 N–H and O–H groups in total. The first-order valence-electron chi connectivity index (χ1n) is 7.13. The summed E-state index contributed by atoms with van der Waals surface area (Å²) in [7, 11) is 0. The van der Waals surface area contributed by atoms with E-state index in [4.69, 9.17) is 0 Å². The van der Waals surface area contributed by atoms with Gasteiger partial charge in [-0.3, -0.25) is 9.59 Å². The molecule has 0 bridgehead atoms. The molecule has 1 saturated carbocycles. The van der Waals surface area contributed by atoms with Crippen LogP contribution in [-0.2, 0) is 9.59 Å². The van der Waals surface area contributed by atoms with Gasteiger partial charge in [0.15, 0.2) is 0 Å². The SMILES string of the molecule is Cc1cccnc1NC(=O)[C@H]1CC(=O)N(CC2CC2)C1. The van der Waals surface area contributed by atoms with Gasteiger partial charge in [-0.05, 0) is 37.3 Å². The molecule has 3 rings (SSSR count). The Hall–Kier alpha value is -1.91. The molecule has 20 heavy (non-hydrogen) atoms. The fourth-order valence-electron chi connectivity index (χ4n) is 2.57. The Morgan fingerprint density at radius 1 is 1.50 bits per heavy atom. The highest BCUT2D eigenvalue weighted by Gasteiger charge is 2.37. The number of hydrogen-bond donors (Lipinski definition) is 1. The summed E-state index contributed by atoms with van der Waals surface area (Å²) < 4.78 is 0. The van der Waals surface area contributed by atoms with Crippen molar-refractivity contribution in [3.8, 4) is 0 Å². The lowest BCUT2D eigenvalue weighted by Crippen LogP contribution is -2.30. The van der Waals surface area contributed by atoms with Gasteiger partial charge in [-0.2, -0.15) is 0 Å². The molecular formula is C15H19N3O2. The molecule has 5 nitrogen and oxygen atoms in total. The highest BCUT2D eigenvalue weighted by molar-refractivity contribution is 5.97. The average Bonchev–Trinajstić information content (AvgIpc) is 3.16. The number of pyridine rings is 1. The molecule has 1 aromatic rings. The lowest BCUT2D eigenvalue weighted by atomic mass is 10.1. The van der Waals surface area contributed by atoms with Crippen molar-refractivity contribution >= 4 is 17.6 Å². The topological polar surface area (TPSA) is 62.3 Å². The normalized spacial score (nSPS) is 22.1. The van der Waals surface area contributed by atoms with Crippen LogP contribution in [0.25, 0.3) is 0 Å². The van der Waals surface area contributed by atoms with Crippen LogP contribution in [0.5, 0.6) is 0 Å². The van der Waals surface area contributed by atoms with Crippen LogP contribution in [0.2, 0.25) is 0 Å². The summed E-state index contributed by atoms with van der Waals surface area (Å²) in [4.78, 5) is 30.1. The van der Waals surface area contributed by atoms with E-state index in [-0.39, 0.29) is 17.7 Å². The van der Waals surface area contributed by atoms with Crippen molar-refractivity contribution in [3.05, 3.63) is 23.9 Å². The number of hydrogen-bond acceptors (Lipinski definition) is 3. The highest BCUT2D eigenvalue weighted by Crippen LogP contribution is 2.32. The van der Waals surface area contributed by atoms with Gasteiger partial charge in [0.25, 0.3) is 0 Å². The number of nitrogens with one attached hydrogen (secondary N) is 1. The van der Waals surface area contributed by atoms with Crippen LogP contribution in [0.15, 0.2) is 18.3 Å². The standard InChI is InChI=1S/C15H19N3O2/c1-10-3-2-6-16-14(10)17-15(20)12-7-13(19)18(9-12)8-11-4-5-11/h2-3,6,11-12H,4-5,7-9H2,1H3,(H,16,17,20)/t12-/m0/s1. The maximum absolute atomic E-state index is 12.2. The zero-order valence-corrected chi connectivity index (χ0v) is 11.6. The summed E-state index contributed by atoms with van der Waals surface area (Å²) in [6, 6.07) is 3.74. The minimum absolute atomic E-state index is 0.0987. The van der Waals surface area contributed by atoms with Crippen molar-refractivity contribution in [2.75, 3.05) is 18.4 Å². The number of rotatable bonds is 4. The molecule has 2 aliphatic rings. The van der Waals surface area contributed by atoms with Crippen LogP contribution in [-0.4, -0.2) is 34.8 Å². The first-order valence-corrected chi connectivity index (χ1v) is 7.13. The molecule has 0 aromatic carbocycles. The second kappa shape index (κ2) is 5.23. The Bertz CT molecular complexity index is 540. The molecule has 106 valence electrons. The molecule has 0 spiro atoms. The van der Waals surface area contributed by atoms with Gasteiger partial charge in [0.05, 0.1) is 5.92 Å². The Balaban J connectivity index is 1.60. The zero-order chi connectivity index (χ0) is 14.1. The van der Waals surface area contributed by atoms with Crippen LogP contribution in [0.3, 0.4) is 0 Å². The number of amides is 2. The monoisotopic (exact) mass is 273 g/mol. The maximum Gasteiger partial charge on any atom is 0.230 e. The van der Waals surface area contributed by atoms with E-state index in [9.17, 15) is 9.59 Å². The number of aryl methyl sites for hydroxylation is 1. The van der Waals surface area contributed by atoms with E-state index in [1.807, 2.05) is 24.0 Å². The minimum Gasteiger partial charge on any atom is -0.342 e. The average molecular weight is 273 g/mol. The third-order valence-corrected chi connectivity index (χ3v) is 4.01. The van der Waals surface area contributed by atoms with E-state index in [2.05, 4.69) is 10.3 Å². The molecule has 2 heterocycles. The van der Waals surface area contributed by atoms with E-state index in [0.717, 1.165) is 12.1 Å². The Kier molecular flexibility index (Phi) is 3.42. The maximum atomic E-state index is 12.2. The summed E-state index contributed by atoms with van der Waals surface area (Å²) in [5, 5.41) is 2.83.